The van der Waals surface area contributed by atoms with Gasteiger partial charge in [-0.15, -0.1) is 0 Å². The Morgan fingerprint density at radius 1 is 1.27 bits per heavy atom. The van der Waals surface area contributed by atoms with Gasteiger partial charge in [0.1, 0.15) is 5.76 Å². The molecular formula is C9H14O2. The Balaban J connectivity index is 2.04. The van der Waals surface area contributed by atoms with Gasteiger partial charge in [0.05, 0.1) is 6.26 Å². The molecule has 0 aliphatic rings. The molecule has 11 heavy (non-hydrogen) atoms. The Kier molecular flexibility index (Phi) is 3.76. The standard InChI is InChI=1S/C9H14O2/c10-7-3-1-2-5-9-6-4-8-11-9/h4,6,8,10H,1-3,5,7H2. The van der Waals surface area contributed by atoms with E-state index in [4.69, 9.17) is 9.52 Å². The minimum Gasteiger partial charge on any atom is -0.469 e. The van der Waals surface area contributed by atoms with Crippen molar-refractivity contribution in [3.8, 4) is 0 Å². The summed E-state index contributed by atoms with van der Waals surface area (Å²) in [6, 6.07) is 3.89. The highest BCUT2D eigenvalue weighted by atomic mass is 16.3. The summed E-state index contributed by atoms with van der Waals surface area (Å²) < 4.78 is 5.15. The highest BCUT2D eigenvalue weighted by molar-refractivity contribution is 4.97. The average molecular weight is 154 g/mol. The SMILES string of the molecule is OCCCCCc1ccco1. The van der Waals surface area contributed by atoms with E-state index in [-0.39, 0.29) is 0 Å². The average Bonchev–Trinajstić information content (AvgIpc) is 2.50. The second-order valence-corrected chi connectivity index (χ2v) is 2.61. The van der Waals surface area contributed by atoms with Crippen LogP contribution in [0.4, 0.5) is 0 Å². The molecule has 0 atom stereocenters. The van der Waals surface area contributed by atoms with Gasteiger partial charge in [-0.1, -0.05) is 6.42 Å². The normalized spacial score (nSPS) is 10.3. The Morgan fingerprint density at radius 2 is 2.18 bits per heavy atom. The lowest BCUT2D eigenvalue weighted by molar-refractivity contribution is 0.282. The molecule has 1 heterocycles. The molecule has 0 saturated carbocycles. The fourth-order valence-electron chi connectivity index (χ4n) is 1.04. The lowest BCUT2D eigenvalue weighted by Crippen LogP contribution is -1.85. The second kappa shape index (κ2) is 4.97. The summed E-state index contributed by atoms with van der Waals surface area (Å²) in [5.41, 5.74) is 0. The molecule has 1 aromatic rings. The number of aliphatic hydroxyl groups is 1. The monoisotopic (exact) mass is 154 g/mol. The number of rotatable bonds is 5. The van der Waals surface area contributed by atoms with Crippen molar-refractivity contribution in [2.75, 3.05) is 6.61 Å². The van der Waals surface area contributed by atoms with Crippen LogP contribution in [-0.4, -0.2) is 11.7 Å². The molecule has 1 rings (SSSR count). The largest absolute Gasteiger partial charge is 0.469 e. The summed E-state index contributed by atoms with van der Waals surface area (Å²) >= 11 is 0. The van der Waals surface area contributed by atoms with Crippen molar-refractivity contribution in [3.05, 3.63) is 24.2 Å². The highest BCUT2D eigenvalue weighted by Crippen LogP contribution is 2.06. The van der Waals surface area contributed by atoms with Crippen LogP contribution in [0.1, 0.15) is 25.0 Å². The first-order chi connectivity index (χ1) is 5.43. The van der Waals surface area contributed by atoms with E-state index < -0.39 is 0 Å². The maximum absolute atomic E-state index is 8.50. The van der Waals surface area contributed by atoms with E-state index in [0.29, 0.717) is 6.61 Å². The number of furan rings is 1. The third-order valence-corrected chi connectivity index (χ3v) is 1.66. The molecule has 2 heteroatoms. The van der Waals surface area contributed by atoms with Gasteiger partial charge in [-0.05, 0) is 25.0 Å². The van der Waals surface area contributed by atoms with Crippen LogP contribution in [0, 0.1) is 0 Å². The van der Waals surface area contributed by atoms with E-state index in [9.17, 15) is 0 Å². The number of aryl methyl sites for hydroxylation is 1. The van der Waals surface area contributed by atoms with Gasteiger partial charge < -0.3 is 9.52 Å². The van der Waals surface area contributed by atoms with Crippen molar-refractivity contribution in [1.29, 1.82) is 0 Å². The summed E-state index contributed by atoms with van der Waals surface area (Å²) in [5.74, 6) is 1.04. The van der Waals surface area contributed by atoms with Gasteiger partial charge in [0, 0.05) is 13.0 Å². The van der Waals surface area contributed by atoms with E-state index in [1.165, 1.54) is 0 Å². The maximum Gasteiger partial charge on any atom is 0.103 e. The molecule has 0 aromatic carbocycles. The zero-order valence-electron chi connectivity index (χ0n) is 6.62. The Morgan fingerprint density at radius 3 is 2.82 bits per heavy atom. The Hall–Kier alpha value is -0.760. The van der Waals surface area contributed by atoms with Crippen LogP contribution < -0.4 is 0 Å². The van der Waals surface area contributed by atoms with Crippen molar-refractivity contribution in [3.63, 3.8) is 0 Å². The first-order valence-corrected chi connectivity index (χ1v) is 4.06. The number of hydrogen-bond donors (Lipinski definition) is 1. The predicted octanol–water partition coefficient (Wildman–Crippen LogP) is 1.98. The maximum atomic E-state index is 8.50. The fraction of sp³-hybridized carbons (Fsp3) is 0.556. The molecule has 0 radical (unpaired) electrons. The molecule has 0 saturated heterocycles. The van der Waals surface area contributed by atoms with E-state index in [1.807, 2.05) is 12.1 Å². The molecule has 1 N–H and O–H groups in total. The van der Waals surface area contributed by atoms with Crippen LogP contribution in [0.2, 0.25) is 0 Å². The molecule has 2 nitrogen and oxygen atoms in total. The smallest absolute Gasteiger partial charge is 0.103 e. The lowest BCUT2D eigenvalue weighted by Gasteiger charge is -1.95. The van der Waals surface area contributed by atoms with Gasteiger partial charge >= 0.3 is 0 Å². The minimum absolute atomic E-state index is 0.304. The van der Waals surface area contributed by atoms with Crippen molar-refractivity contribution in [1.82, 2.24) is 0 Å². The van der Waals surface area contributed by atoms with Gasteiger partial charge in [-0.25, -0.2) is 0 Å². The lowest BCUT2D eigenvalue weighted by atomic mass is 10.2. The molecule has 0 unspecified atom stereocenters. The van der Waals surface area contributed by atoms with E-state index >= 15 is 0 Å². The summed E-state index contributed by atoms with van der Waals surface area (Å²) in [4.78, 5) is 0. The quantitative estimate of drug-likeness (QED) is 0.658. The minimum atomic E-state index is 0.304. The highest BCUT2D eigenvalue weighted by Gasteiger charge is 1.94. The first kappa shape index (κ1) is 8.34. The first-order valence-electron chi connectivity index (χ1n) is 4.06. The second-order valence-electron chi connectivity index (χ2n) is 2.61. The van der Waals surface area contributed by atoms with Crippen molar-refractivity contribution in [2.24, 2.45) is 0 Å². The molecule has 0 aliphatic heterocycles. The molecule has 0 fully saturated rings. The zero-order chi connectivity index (χ0) is 7.94. The van der Waals surface area contributed by atoms with Gasteiger partial charge in [0.2, 0.25) is 0 Å². The molecule has 62 valence electrons. The summed E-state index contributed by atoms with van der Waals surface area (Å²) in [6.45, 7) is 0.304. The van der Waals surface area contributed by atoms with Crippen LogP contribution in [0.5, 0.6) is 0 Å². The number of hydrogen-bond acceptors (Lipinski definition) is 2. The molecule has 0 aliphatic carbocycles. The van der Waals surface area contributed by atoms with Crippen molar-refractivity contribution in [2.45, 2.75) is 25.7 Å². The number of unbranched alkanes of at least 4 members (excludes halogenated alkanes) is 2. The summed E-state index contributed by atoms with van der Waals surface area (Å²) in [6.07, 6.45) is 5.78. The third kappa shape index (κ3) is 3.23. The molecule has 0 amide bonds. The molecule has 0 bridgehead atoms. The summed E-state index contributed by atoms with van der Waals surface area (Å²) in [5, 5.41) is 8.50. The Bertz CT molecular complexity index is 168. The van der Waals surface area contributed by atoms with Gasteiger partial charge in [0.25, 0.3) is 0 Å². The van der Waals surface area contributed by atoms with E-state index in [0.717, 1.165) is 31.4 Å². The van der Waals surface area contributed by atoms with Crippen LogP contribution >= 0.6 is 0 Å². The number of aliphatic hydroxyl groups excluding tert-OH is 1. The predicted molar refractivity (Wildman–Crippen MR) is 43.3 cm³/mol. The van der Waals surface area contributed by atoms with Crippen molar-refractivity contribution >= 4 is 0 Å². The van der Waals surface area contributed by atoms with Crippen LogP contribution in [0.3, 0.4) is 0 Å². The zero-order valence-corrected chi connectivity index (χ0v) is 6.62. The molecular weight excluding hydrogens is 140 g/mol. The van der Waals surface area contributed by atoms with E-state index in [1.54, 1.807) is 6.26 Å². The Labute approximate surface area is 66.8 Å². The molecule has 0 spiro atoms. The van der Waals surface area contributed by atoms with Gasteiger partial charge in [0.15, 0.2) is 0 Å². The van der Waals surface area contributed by atoms with Crippen LogP contribution in [0.15, 0.2) is 22.8 Å². The topological polar surface area (TPSA) is 33.4 Å². The van der Waals surface area contributed by atoms with Gasteiger partial charge in [-0.2, -0.15) is 0 Å². The van der Waals surface area contributed by atoms with Gasteiger partial charge in [-0.3, -0.25) is 0 Å². The molecule has 1 aromatic heterocycles. The fourth-order valence-corrected chi connectivity index (χ4v) is 1.04. The van der Waals surface area contributed by atoms with Crippen LogP contribution in [-0.2, 0) is 6.42 Å². The van der Waals surface area contributed by atoms with E-state index in [2.05, 4.69) is 0 Å². The third-order valence-electron chi connectivity index (χ3n) is 1.66. The summed E-state index contributed by atoms with van der Waals surface area (Å²) in [7, 11) is 0. The van der Waals surface area contributed by atoms with Crippen LogP contribution in [0.25, 0.3) is 0 Å². The van der Waals surface area contributed by atoms with Crippen molar-refractivity contribution < 1.29 is 9.52 Å².